The van der Waals surface area contributed by atoms with Crippen molar-refractivity contribution < 1.29 is 9.66 Å². The number of aryl methyl sites for hydroxylation is 1. The average Bonchev–Trinajstić information content (AvgIpc) is 2.96. The number of nitrogens with zero attached hydrogens (tertiary/aromatic N) is 5. The fourth-order valence-corrected chi connectivity index (χ4v) is 4.09. The number of benzene rings is 4. The molecule has 0 aliphatic heterocycles. The molecule has 0 saturated heterocycles. The molecule has 9 nitrogen and oxygen atoms in total. The van der Waals surface area contributed by atoms with E-state index < -0.39 is 4.92 Å². The summed E-state index contributed by atoms with van der Waals surface area (Å²) in [6.45, 7) is 1.89. The van der Waals surface area contributed by atoms with Crippen LogP contribution in [-0.4, -0.2) is 21.6 Å². The molecule has 0 aliphatic carbocycles. The molecule has 0 radical (unpaired) electrons. The number of ether oxygens (including phenoxy) is 1. The summed E-state index contributed by atoms with van der Waals surface area (Å²) >= 11 is 0. The molecular formula is C30H23N5O4. The number of hydrogen-bond acceptors (Lipinski definition) is 7. The minimum Gasteiger partial charge on any atom is -0.497 e. The van der Waals surface area contributed by atoms with Crippen LogP contribution in [0.1, 0.15) is 17.0 Å². The molecule has 5 aromatic rings. The van der Waals surface area contributed by atoms with Crippen LogP contribution in [0.3, 0.4) is 0 Å². The van der Waals surface area contributed by atoms with E-state index >= 15 is 0 Å². The monoisotopic (exact) mass is 517 g/mol. The lowest BCUT2D eigenvalue weighted by Gasteiger charge is -2.14. The van der Waals surface area contributed by atoms with Crippen LogP contribution in [0.5, 0.6) is 5.75 Å². The van der Waals surface area contributed by atoms with Gasteiger partial charge in [0.25, 0.3) is 11.2 Å². The Morgan fingerprint density at radius 1 is 0.897 bits per heavy atom. The van der Waals surface area contributed by atoms with Crippen molar-refractivity contribution in [3.8, 4) is 11.4 Å². The number of nitro groups is 1. The topological polar surface area (TPSA) is 112 Å². The first-order valence-corrected chi connectivity index (χ1v) is 12.0. The van der Waals surface area contributed by atoms with E-state index in [0.717, 1.165) is 16.9 Å². The summed E-state index contributed by atoms with van der Waals surface area (Å²) in [5.41, 5.74) is 3.88. The van der Waals surface area contributed by atoms with E-state index in [1.165, 1.54) is 24.3 Å². The zero-order chi connectivity index (χ0) is 27.4. The second-order valence-corrected chi connectivity index (χ2v) is 8.68. The van der Waals surface area contributed by atoms with Crippen LogP contribution < -0.4 is 10.3 Å². The molecule has 0 bridgehead atoms. The number of nitro benzene ring substituents is 1. The van der Waals surface area contributed by atoms with Gasteiger partial charge in [0.1, 0.15) is 11.6 Å². The molecule has 4 aromatic carbocycles. The molecular weight excluding hydrogens is 494 g/mol. The number of fused-ring (bicyclic) bond motifs is 1. The molecule has 0 unspecified atom stereocenters. The zero-order valence-corrected chi connectivity index (χ0v) is 21.2. The number of methoxy groups -OCH3 is 1. The maximum absolute atomic E-state index is 13.7. The summed E-state index contributed by atoms with van der Waals surface area (Å²) in [7, 11) is 1.62. The zero-order valence-electron chi connectivity index (χ0n) is 21.2. The van der Waals surface area contributed by atoms with Crippen LogP contribution in [0.15, 0.2) is 106 Å². The highest BCUT2D eigenvalue weighted by Crippen LogP contribution is 2.25. The van der Waals surface area contributed by atoms with Crippen LogP contribution in [0.4, 0.5) is 17.1 Å². The largest absolute Gasteiger partial charge is 0.497 e. The first-order valence-electron chi connectivity index (χ1n) is 12.0. The Morgan fingerprint density at radius 2 is 1.59 bits per heavy atom. The molecule has 192 valence electrons. The highest BCUT2D eigenvalue weighted by molar-refractivity contribution is 5.80. The Labute approximate surface area is 223 Å². The highest BCUT2D eigenvalue weighted by Gasteiger charge is 2.13. The van der Waals surface area contributed by atoms with Gasteiger partial charge < -0.3 is 4.74 Å². The van der Waals surface area contributed by atoms with Gasteiger partial charge in [-0.2, -0.15) is 10.2 Å². The third-order valence-electron chi connectivity index (χ3n) is 6.11. The van der Waals surface area contributed by atoms with E-state index in [1.807, 2.05) is 73.7 Å². The molecule has 0 N–H and O–H groups in total. The Balaban J connectivity index is 1.53. The highest BCUT2D eigenvalue weighted by atomic mass is 16.6. The molecule has 0 amide bonds. The van der Waals surface area contributed by atoms with Gasteiger partial charge in [-0.15, -0.1) is 0 Å². The van der Waals surface area contributed by atoms with Crippen molar-refractivity contribution in [3.63, 3.8) is 0 Å². The summed E-state index contributed by atoms with van der Waals surface area (Å²) in [6, 6.07) is 26.1. The molecule has 0 aliphatic rings. The van der Waals surface area contributed by atoms with Gasteiger partial charge >= 0.3 is 0 Å². The van der Waals surface area contributed by atoms with Gasteiger partial charge in [-0.1, -0.05) is 30.3 Å². The standard InChI is InChI=1S/C30H23N5O4/c1-20-19-23(33-32-22-10-13-24(14-11-22)35(37)38)12-17-28(20)34-29(18-9-21-7-15-25(39-2)16-8-21)31-27-6-4-3-5-26(27)30(34)36/h3-19H,1-2H3/b18-9+,33-32?. The number of azo groups is 1. The lowest BCUT2D eigenvalue weighted by molar-refractivity contribution is -0.384. The third kappa shape index (κ3) is 5.47. The summed E-state index contributed by atoms with van der Waals surface area (Å²) in [4.78, 5) is 28.8. The van der Waals surface area contributed by atoms with Gasteiger partial charge in [-0.25, -0.2) is 4.98 Å². The fourth-order valence-electron chi connectivity index (χ4n) is 4.09. The smallest absolute Gasteiger partial charge is 0.269 e. The first kappa shape index (κ1) is 25.2. The number of hydrogen-bond donors (Lipinski definition) is 0. The maximum Gasteiger partial charge on any atom is 0.269 e. The lowest BCUT2D eigenvalue weighted by atomic mass is 10.1. The summed E-state index contributed by atoms with van der Waals surface area (Å²) < 4.78 is 6.82. The van der Waals surface area contributed by atoms with E-state index in [4.69, 9.17) is 9.72 Å². The quantitative estimate of drug-likeness (QED) is 0.129. The van der Waals surface area contributed by atoms with Gasteiger partial charge in [0.05, 0.1) is 40.0 Å². The van der Waals surface area contributed by atoms with E-state index in [0.29, 0.717) is 33.8 Å². The van der Waals surface area contributed by atoms with Crippen LogP contribution >= 0.6 is 0 Å². The van der Waals surface area contributed by atoms with Crippen LogP contribution in [0, 0.1) is 17.0 Å². The summed E-state index contributed by atoms with van der Waals surface area (Å²) in [5.74, 6) is 1.24. The first-order chi connectivity index (χ1) is 18.9. The molecule has 0 atom stereocenters. The van der Waals surface area contributed by atoms with Gasteiger partial charge in [-0.05, 0) is 78.7 Å². The molecule has 39 heavy (non-hydrogen) atoms. The van der Waals surface area contributed by atoms with Crippen molar-refractivity contribution in [2.75, 3.05) is 7.11 Å². The SMILES string of the molecule is COc1ccc(/C=C/c2nc3ccccc3c(=O)n2-c2ccc(N=Nc3ccc([N+](=O)[O-])cc3)cc2C)cc1. The van der Waals surface area contributed by atoms with E-state index in [2.05, 4.69) is 10.2 Å². The molecule has 0 saturated carbocycles. The van der Waals surface area contributed by atoms with Crippen LogP contribution in [0.25, 0.3) is 28.7 Å². The van der Waals surface area contributed by atoms with Crippen LogP contribution in [-0.2, 0) is 0 Å². The van der Waals surface area contributed by atoms with Gasteiger partial charge in [-0.3, -0.25) is 19.5 Å². The van der Waals surface area contributed by atoms with Crippen molar-refractivity contribution in [3.05, 3.63) is 128 Å². The molecule has 5 rings (SSSR count). The van der Waals surface area contributed by atoms with Crippen molar-refractivity contribution in [1.29, 1.82) is 0 Å². The number of rotatable bonds is 7. The van der Waals surface area contributed by atoms with Gasteiger partial charge in [0, 0.05) is 12.1 Å². The minimum atomic E-state index is -0.465. The van der Waals surface area contributed by atoms with Crippen molar-refractivity contribution in [2.45, 2.75) is 6.92 Å². The van der Waals surface area contributed by atoms with Gasteiger partial charge in [0.2, 0.25) is 0 Å². The van der Waals surface area contributed by atoms with Crippen LogP contribution in [0.2, 0.25) is 0 Å². The van der Waals surface area contributed by atoms with E-state index in [-0.39, 0.29) is 11.2 Å². The Kier molecular flexibility index (Phi) is 7.05. The normalized spacial score (nSPS) is 11.4. The van der Waals surface area contributed by atoms with Crippen molar-refractivity contribution >= 4 is 40.1 Å². The van der Waals surface area contributed by atoms with Gasteiger partial charge in [0.15, 0.2) is 0 Å². The molecule has 9 heteroatoms. The fraction of sp³-hybridized carbons (Fsp3) is 0.0667. The maximum atomic E-state index is 13.7. The molecule has 1 heterocycles. The summed E-state index contributed by atoms with van der Waals surface area (Å²) in [6.07, 6.45) is 3.71. The van der Waals surface area contributed by atoms with E-state index in [9.17, 15) is 14.9 Å². The number of non-ortho nitro benzene ring substituents is 1. The minimum absolute atomic E-state index is 0.0135. The molecule has 0 fully saturated rings. The Bertz CT molecular complexity index is 1790. The second kappa shape index (κ2) is 10.9. The van der Waals surface area contributed by atoms with E-state index in [1.54, 1.807) is 23.8 Å². The average molecular weight is 518 g/mol. The molecule has 0 spiro atoms. The predicted octanol–water partition coefficient (Wildman–Crippen LogP) is 7.20. The summed E-state index contributed by atoms with van der Waals surface area (Å²) in [5, 5.41) is 19.8. The van der Waals surface area contributed by atoms with Crippen molar-refractivity contribution in [1.82, 2.24) is 9.55 Å². The van der Waals surface area contributed by atoms with Crippen molar-refractivity contribution in [2.24, 2.45) is 10.2 Å². The second-order valence-electron chi connectivity index (χ2n) is 8.68. The number of para-hydroxylation sites is 1. The number of aromatic nitrogens is 2. The lowest BCUT2D eigenvalue weighted by Crippen LogP contribution is -2.23. The third-order valence-corrected chi connectivity index (χ3v) is 6.11. The predicted molar refractivity (Wildman–Crippen MR) is 151 cm³/mol. The Hall–Kier alpha value is -5.44. The molecule has 1 aromatic heterocycles. The Morgan fingerprint density at radius 3 is 2.28 bits per heavy atom.